The number of fused-ring (bicyclic) bond motifs is 1. The summed E-state index contributed by atoms with van der Waals surface area (Å²) in [6.07, 6.45) is 4.53. The van der Waals surface area contributed by atoms with Gasteiger partial charge in [-0.1, -0.05) is 38.5 Å². The molecule has 0 aliphatic heterocycles. The zero-order valence-electron chi connectivity index (χ0n) is 21.9. The average molecular weight is 605 g/mol. The number of aromatic nitrogens is 5. The van der Waals surface area contributed by atoms with Gasteiger partial charge in [0.1, 0.15) is 11.4 Å². The van der Waals surface area contributed by atoms with Gasteiger partial charge in [-0.3, -0.25) is 9.59 Å². The second-order valence-corrected chi connectivity index (χ2v) is 9.16. The fourth-order valence-electron chi connectivity index (χ4n) is 4.02. The normalized spacial score (nSPS) is 13.3. The minimum absolute atomic E-state index is 0.405. The first-order valence-electron chi connectivity index (χ1n) is 12.4. The van der Waals surface area contributed by atoms with Gasteiger partial charge in [0.2, 0.25) is 0 Å². The van der Waals surface area contributed by atoms with E-state index in [-0.39, 0.29) is 0 Å². The third-order valence-electron chi connectivity index (χ3n) is 6.14. The molecular weight excluding hydrogens is 580 g/mol. The molecule has 1 aromatic carbocycles. The summed E-state index contributed by atoms with van der Waals surface area (Å²) in [6.45, 7) is 0. The van der Waals surface area contributed by atoms with Crippen LogP contribution in [-0.2, 0) is 13.2 Å². The van der Waals surface area contributed by atoms with Gasteiger partial charge in [0.15, 0.2) is 17.5 Å². The minimum atomic E-state index is -4.74. The molecule has 8 nitrogen and oxygen atoms in total. The molecule has 1 aliphatic carbocycles. The number of anilines is 1. The zero-order valence-corrected chi connectivity index (χ0v) is 21.9. The van der Waals surface area contributed by atoms with Crippen LogP contribution in [0.4, 0.5) is 40.8 Å². The van der Waals surface area contributed by atoms with Gasteiger partial charge in [-0.2, -0.15) is 18.3 Å². The van der Waals surface area contributed by atoms with Gasteiger partial charge in [-0.05, 0) is 6.07 Å². The van der Waals surface area contributed by atoms with E-state index in [1.165, 1.54) is 45.6 Å². The van der Waals surface area contributed by atoms with Gasteiger partial charge in [-0.15, -0.1) is 0 Å². The van der Waals surface area contributed by atoms with Crippen LogP contribution in [0, 0.1) is 17.5 Å². The lowest BCUT2D eigenvalue weighted by Crippen LogP contribution is -2.24. The fourth-order valence-corrected chi connectivity index (χ4v) is 4.02. The number of alkyl halides is 5. The molecule has 42 heavy (non-hydrogen) atoms. The van der Waals surface area contributed by atoms with Gasteiger partial charge in [0.25, 0.3) is 17.5 Å². The molecule has 1 aliphatic rings. The summed E-state index contributed by atoms with van der Waals surface area (Å²) in [5.41, 5.74) is -0.453. The molecule has 226 valence electrons. The Hall–Kier alpha value is -4.37. The summed E-state index contributed by atoms with van der Waals surface area (Å²) in [6, 6.07) is 0.877. The Kier molecular flexibility index (Phi) is 10.4. The molecule has 0 radical (unpaired) electrons. The topological polar surface area (TPSA) is 120 Å². The second kappa shape index (κ2) is 13.5. The molecule has 3 N–H and O–H groups in total. The van der Waals surface area contributed by atoms with Crippen LogP contribution in [0.2, 0.25) is 0 Å². The van der Waals surface area contributed by atoms with Gasteiger partial charge >= 0.3 is 6.18 Å². The zero-order chi connectivity index (χ0) is 31.2. The van der Waals surface area contributed by atoms with E-state index in [1.54, 1.807) is 5.10 Å². The molecule has 0 saturated heterocycles. The standard InChI is InChI=1S/C15H8F5N3O.C6H12.C5H4F3N3O/c1-23-5-9(16)7-2-8(11(17)12(18)10(7)15(23)24)14-21-3-6(4-22-14)13(19)20;1-2-4-6-5-3-1;6-5(7,8)3-2(9)1-10-11-4(3)12/h2-5,13H,1H3;1-6H2;1H,(H3,9,11,12). The molecule has 1 fully saturated rings. The van der Waals surface area contributed by atoms with Crippen molar-refractivity contribution in [3.8, 4) is 11.4 Å². The first kappa shape index (κ1) is 32.1. The van der Waals surface area contributed by atoms with Crippen molar-refractivity contribution in [3.63, 3.8) is 0 Å². The van der Waals surface area contributed by atoms with Crippen LogP contribution < -0.4 is 16.9 Å². The number of hydrogen-bond donors (Lipinski definition) is 2. The van der Waals surface area contributed by atoms with Crippen molar-refractivity contribution in [2.24, 2.45) is 7.05 Å². The van der Waals surface area contributed by atoms with Crippen molar-refractivity contribution in [2.75, 3.05) is 5.73 Å². The van der Waals surface area contributed by atoms with E-state index in [9.17, 15) is 44.7 Å². The third-order valence-corrected chi connectivity index (χ3v) is 6.14. The molecule has 0 atom stereocenters. The monoisotopic (exact) mass is 604 g/mol. The van der Waals surface area contributed by atoms with Crippen LogP contribution in [0.5, 0.6) is 0 Å². The molecule has 0 bridgehead atoms. The number of hydrogen-bond acceptors (Lipinski definition) is 6. The molecule has 3 heterocycles. The summed E-state index contributed by atoms with van der Waals surface area (Å²) >= 11 is 0. The minimum Gasteiger partial charge on any atom is -0.397 e. The molecule has 16 heteroatoms. The molecule has 1 saturated carbocycles. The van der Waals surface area contributed by atoms with Crippen LogP contribution in [0.3, 0.4) is 0 Å². The summed E-state index contributed by atoms with van der Waals surface area (Å²) in [4.78, 5) is 29.6. The summed E-state index contributed by atoms with van der Waals surface area (Å²) < 4.78 is 104. The van der Waals surface area contributed by atoms with E-state index in [2.05, 4.69) is 15.1 Å². The highest BCUT2D eigenvalue weighted by atomic mass is 19.4. The van der Waals surface area contributed by atoms with Gasteiger partial charge in [0.05, 0.1) is 28.4 Å². The van der Waals surface area contributed by atoms with E-state index in [1.807, 2.05) is 0 Å². The predicted octanol–water partition coefficient (Wildman–Crippen LogP) is 6.06. The Balaban J connectivity index is 0.000000221. The largest absolute Gasteiger partial charge is 0.423 e. The summed E-state index contributed by atoms with van der Waals surface area (Å²) in [5.74, 6) is -4.37. The van der Waals surface area contributed by atoms with E-state index in [0.29, 0.717) is 0 Å². The van der Waals surface area contributed by atoms with Crippen molar-refractivity contribution in [1.29, 1.82) is 0 Å². The van der Waals surface area contributed by atoms with Crippen molar-refractivity contribution < 1.29 is 35.1 Å². The number of halogens is 8. The van der Waals surface area contributed by atoms with Gasteiger partial charge in [0, 0.05) is 31.0 Å². The van der Waals surface area contributed by atoms with E-state index in [4.69, 9.17) is 5.73 Å². The number of rotatable bonds is 2. The van der Waals surface area contributed by atoms with E-state index >= 15 is 0 Å². The number of H-pyrrole nitrogens is 1. The lowest BCUT2D eigenvalue weighted by molar-refractivity contribution is -0.138. The first-order chi connectivity index (χ1) is 19.7. The SMILES string of the molecule is C1CCCCC1.Cn1cc(F)c2cc(-c3ncc(C(F)F)cn3)c(F)c(F)c2c1=O.Nc1cn[nH]c(=O)c1C(F)(F)F. The lowest BCUT2D eigenvalue weighted by atomic mass is 10.0. The molecular formula is C26H24F8N6O2. The smallest absolute Gasteiger partial charge is 0.397 e. The quantitative estimate of drug-likeness (QED) is 0.269. The van der Waals surface area contributed by atoms with Crippen molar-refractivity contribution in [3.05, 3.63) is 80.1 Å². The van der Waals surface area contributed by atoms with E-state index < -0.39 is 80.1 Å². The fraction of sp³-hybridized carbons (Fsp3) is 0.346. The number of benzene rings is 1. The molecule has 0 spiro atoms. The molecule has 0 unspecified atom stereocenters. The number of aryl methyl sites for hydroxylation is 1. The Bertz CT molecular complexity index is 1640. The van der Waals surface area contributed by atoms with Gasteiger partial charge in [-0.25, -0.2) is 37.0 Å². The number of nitrogens with two attached hydrogens (primary N) is 1. The summed E-state index contributed by atoms with van der Waals surface area (Å²) in [5, 5.41) is 3.54. The maximum absolute atomic E-state index is 14.2. The first-order valence-corrected chi connectivity index (χ1v) is 12.4. The number of nitrogen functional groups attached to an aromatic ring is 1. The van der Waals surface area contributed by atoms with Gasteiger partial charge < -0.3 is 10.3 Å². The number of nitrogens with zero attached hydrogens (tertiary/aromatic N) is 4. The average Bonchev–Trinajstić information content (AvgIpc) is 2.94. The molecule has 5 rings (SSSR count). The Morgan fingerprint density at radius 2 is 1.48 bits per heavy atom. The number of aromatic amines is 1. The number of nitrogens with one attached hydrogen (secondary N) is 1. The van der Waals surface area contributed by atoms with Crippen molar-refractivity contribution in [1.82, 2.24) is 24.7 Å². The van der Waals surface area contributed by atoms with Crippen LogP contribution in [0.15, 0.2) is 40.4 Å². The molecule has 3 aromatic heterocycles. The Labute approximate surface area is 232 Å². The van der Waals surface area contributed by atoms with Crippen molar-refractivity contribution in [2.45, 2.75) is 51.1 Å². The van der Waals surface area contributed by atoms with Crippen LogP contribution in [0.25, 0.3) is 22.2 Å². The molecule has 0 amide bonds. The van der Waals surface area contributed by atoms with Crippen LogP contribution >= 0.6 is 0 Å². The Morgan fingerprint density at radius 3 is 1.93 bits per heavy atom. The molecule has 4 aromatic rings. The number of pyridine rings is 1. The Morgan fingerprint density at radius 1 is 0.929 bits per heavy atom. The van der Waals surface area contributed by atoms with E-state index in [0.717, 1.165) is 35.4 Å². The maximum atomic E-state index is 14.2. The highest BCUT2D eigenvalue weighted by Crippen LogP contribution is 2.30. The highest BCUT2D eigenvalue weighted by molar-refractivity contribution is 5.87. The third kappa shape index (κ3) is 7.47. The highest BCUT2D eigenvalue weighted by Gasteiger charge is 2.36. The predicted molar refractivity (Wildman–Crippen MR) is 137 cm³/mol. The van der Waals surface area contributed by atoms with Crippen LogP contribution in [0.1, 0.15) is 56.1 Å². The van der Waals surface area contributed by atoms with Crippen LogP contribution in [-0.4, -0.2) is 24.7 Å². The lowest BCUT2D eigenvalue weighted by Gasteiger charge is -2.09. The maximum Gasteiger partial charge on any atom is 0.423 e. The second-order valence-electron chi connectivity index (χ2n) is 9.16. The summed E-state index contributed by atoms with van der Waals surface area (Å²) in [7, 11) is 1.20. The van der Waals surface area contributed by atoms with Crippen molar-refractivity contribution >= 4 is 16.5 Å².